The van der Waals surface area contributed by atoms with Crippen molar-refractivity contribution in [2.45, 2.75) is 6.92 Å². The van der Waals surface area contributed by atoms with E-state index in [4.69, 9.17) is 50.9 Å². The fraction of sp³-hybridized carbons (Fsp3) is 0.105. The predicted molar refractivity (Wildman–Crippen MR) is 118 cm³/mol. The summed E-state index contributed by atoms with van der Waals surface area (Å²) in [4.78, 5) is 12.6. The van der Waals surface area contributed by atoms with Gasteiger partial charge in [0.15, 0.2) is 5.76 Å². The highest BCUT2D eigenvalue weighted by Gasteiger charge is 2.22. The summed E-state index contributed by atoms with van der Waals surface area (Å²) in [5.74, 6) is 0.385. The molecule has 1 N–H and O–H groups in total. The number of hydrogen-bond acceptors (Lipinski definition) is 4. The van der Waals surface area contributed by atoms with Gasteiger partial charge < -0.3 is 9.84 Å². The van der Waals surface area contributed by atoms with Gasteiger partial charge in [0.2, 0.25) is 0 Å². The molecule has 150 valence electrons. The lowest BCUT2D eigenvalue weighted by Crippen LogP contribution is -2.27. The molecule has 29 heavy (non-hydrogen) atoms. The number of benzene rings is 2. The zero-order chi connectivity index (χ0) is 21.1. The van der Waals surface area contributed by atoms with Crippen LogP contribution >= 0.6 is 46.4 Å². The van der Waals surface area contributed by atoms with Crippen molar-refractivity contribution in [3.05, 3.63) is 67.8 Å². The largest absolute Gasteiger partial charge is 0.359 e. The maximum atomic E-state index is 12.6. The molecule has 3 rings (SSSR count). The number of hydrogen-bond donors (Lipinski definition) is 1. The Morgan fingerprint density at radius 3 is 2.21 bits per heavy atom. The van der Waals surface area contributed by atoms with Gasteiger partial charge in [-0.25, -0.2) is 9.80 Å². The summed E-state index contributed by atoms with van der Waals surface area (Å²) in [6.45, 7) is 1.66. The summed E-state index contributed by atoms with van der Waals surface area (Å²) >= 11 is 24.7. The second-order valence-corrected chi connectivity index (χ2v) is 7.52. The quantitative estimate of drug-likeness (QED) is 0.337. The molecule has 0 aliphatic rings. The van der Waals surface area contributed by atoms with Gasteiger partial charge in [0.1, 0.15) is 11.4 Å². The highest BCUT2D eigenvalue weighted by Crippen LogP contribution is 2.39. The third-order valence-corrected chi connectivity index (χ3v) is 5.24. The van der Waals surface area contributed by atoms with Gasteiger partial charge in [-0.15, -0.1) is 0 Å². The molecule has 0 radical (unpaired) electrons. The Labute approximate surface area is 187 Å². The fourth-order valence-electron chi connectivity index (χ4n) is 2.43. The van der Waals surface area contributed by atoms with Crippen molar-refractivity contribution in [1.29, 1.82) is 0 Å². The average Bonchev–Trinajstić information content (AvgIpc) is 3.01. The van der Waals surface area contributed by atoms with Crippen LogP contribution in [0.5, 0.6) is 0 Å². The van der Waals surface area contributed by atoms with E-state index < -0.39 is 6.03 Å². The first-order valence-electron chi connectivity index (χ1n) is 8.23. The lowest BCUT2D eigenvalue weighted by molar-refractivity contribution is 0.224. The Bertz CT molecular complexity index is 1060. The smallest absolute Gasteiger partial charge is 0.342 e. The van der Waals surface area contributed by atoms with E-state index in [2.05, 4.69) is 15.6 Å². The number of aromatic nitrogens is 1. The molecular weight excluding hydrogens is 458 g/mol. The molecule has 10 heteroatoms. The number of anilines is 1. The lowest BCUT2D eigenvalue weighted by atomic mass is 10.1. The summed E-state index contributed by atoms with van der Waals surface area (Å²) in [5.41, 5.74) is 1.61. The molecule has 0 aliphatic carbocycles. The van der Waals surface area contributed by atoms with E-state index in [0.29, 0.717) is 48.4 Å². The zero-order valence-corrected chi connectivity index (χ0v) is 18.2. The Balaban J connectivity index is 1.85. The molecule has 1 aromatic heterocycles. The number of amides is 2. The molecule has 2 amide bonds. The van der Waals surface area contributed by atoms with Crippen molar-refractivity contribution in [1.82, 2.24) is 10.2 Å². The maximum absolute atomic E-state index is 12.6. The molecule has 0 atom stereocenters. The van der Waals surface area contributed by atoms with Gasteiger partial charge in [-0.2, -0.15) is 5.10 Å². The highest BCUT2D eigenvalue weighted by molar-refractivity contribution is 6.39. The number of nitrogens with one attached hydrogen (secondary N) is 1. The van der Waals surface area contributed by atoms with Crippen LogP contribution in [0.25, 0.3) is 11.3 Å². The van der Waals surface area contributed by atoms with E-state index in [1.54, 1.807) is 43.3 Å². The molecule has 0 unspecified atom stereocenters. The van der Waals surface area contributed by atoms with Gasteiger partial charge in [-0.1, -0.05) is 63.7 Å². The van der Waals surface area contributed by atoms with Crippen LogP contribution in [0.15, 0.2) is 46.0 Å². The second-order valence-electron chi connectivity index (χ2n) is 5.89. The minimum Gasteiger partial charge on any atom is -0.359 e. The number of rotatable bonds is 4. The number of urea groups is 1. The number of carbonyl (C=O) groups is 1. The van der Waals surface area contributed by atoms with Crippen molar-refractivity contribution in [3.8, 4) is 11.3 Å². The minimum atomic E-state index is -0.542. The molecule has 3 aromatic rings. The molecule has 0 saturated heterocycles. The molecule has 0 fully saturated rings. The van der Waals surface area contributed by atoms with Crippen LogP contribution in [0.3, 0.4) is 0 Å². The minimum absolute atomic E-state index is 0.318. The Kier molecular flexibility index (Phi) is 6.70. The first kappa shape index (κ1) is 21.5. The molecule has 0 aliphatic heterocycles. The van der Waals surface area contributed by atoms with Gasteiger partial charge in [0.05, 0.1) is 26.3 Å². The van der Waals surface area contributed by atoms with E-state index in [-0.39, 0.29) is 0 Å². The fourth-order valence-corrected chi connectivity index (χ4v) is 3.50. The Morgan fingerprint density at radius 1 is 1.07 bits per heavy atom. The number of nitrogens with zero attached hydrogens (tertiary/aromatic N) is 3. The van der Waals surface area contributed by atoms with Gasteiger partial charge in [0.25, 0.3) is 0 Å². The lowest BCUT2D eigenvalue weighted by Gasteiger charge is -2.13. The first-order valence-corrected chi connectivity index (χ1v) is 9.74. The SMILES string of the molecule is Cc1onc(-c2c(Cl)cccc2Cl)c1NC(=O)N(C)N=Cc1c(Cl)cccc1Cl. The summed E-state index contributed by atoms with van der Waals surface area (Å²) in [6.07, 6.45) is 1.40. The molecule has 0 spiro atoms. The van der Waals surface area contributed by atoms with E-state index in [0.717, 1.165) is 5.01 Å². The number of halogens is 4. The molecule has 0 saturated carbocycles. The Hall–Kier alpha value is -2.25. The van der Waals surface area contributed by atoms with Crippen LogP contribution in [-0.4, -0.2) is 29.5 Å². The molecule has 2 aromatic carbocycles. The van der Waals surface area contributed by atoms with Crippen LogP contribution < -0.4 is 5.32 Å². The topological polar surface area (TPSA) is 70.7 Å². The summed E-state index contributed by atoms with van der Waals surface area (Å²) in [7, 11) is 1.47. The van der Waals surface area contributed by atoms with Crippen molar-refractivity contribution >= 4 is 64.3 Å². The summed E-state index contributed by atoms with van der Waals surface area (Å²) in [5, 5.41) is 13.5. The van der Waals surface area contributed by atoms with Crippen LogP contribution in [0.1, 0.15) is 11.3 Å². The predicted octanol–water partition coefficient (Wildman–Crippen LogP) is 6.76. The van der Waals surface area contributed by atoms with Crippen molar-refractivity contribution in [2.24, 2.45) is 5.10 Å². The zero-order valence-electron chi connectivity index (χ0n) is 15.2. The maximum Gasteiger partial charge on any atom is 0.342 e. The van der Waals surface area contributed by atoms with Crippen LogP contribution in [0, 0.1) is 6.92 Å². The van der Waals surface area contributed by atoms with Crippen LogP contribution in [-0.2, 0) is 0 Å². The molecule has 1 heterocycles. The standard InChI is InChI=1S/C19H14Cl4N4O2/c1-10-17(18(26-29-10)16-14(22)7-4-8-15(16)23)25-19(28)27(2)24-9-11-12(20)5-3-6-13(11)21/h3-9H,1-2H3,(H,25,28). The number of hydrazone groups is 1. The van der Waals surface area contributed by atoms with Crippen molar-refractivity contribution < 1.29 is 9.32 Å². The van der Waals surface area contributed by atoms with Gasteiger partial charge in [-0.05, 0) is 31.2 Å². The average molecular weight is 472 g/mol. The molecule has 6 nitrogen and oxygen atoms in total. The van der Waals surface area contributed by atoms with E-state index in [9.17, 15) is 4.79 Å². The number of aryl methyl sites for hydroxylation is 1. The molecular formula is C19H14Cl4N4O2. The Morgan fingerprint density at radius 2 is 1.62 bits per heavy atom. The normalized spacial score (nSPS) is 11.1. The van der Waals surface area contributed by atoms with E-state index >= 15 is 0 Å². The van der Waals surface area contributed by atoms with Crippen molar-refractivity contribution in [2.75, 3.05) is 12.4 Å². The summed E-state index contributed by atoms with van der Waals surface area (Å²) < 4.78 is 5.23. The van der Waals surface area contributed by atoms with Crippen LogP contribution in [0.2, 0.25) is 20.1 Å². The van der Waals surface area contributed by atoms with Crippen molar-refractivity contribution in [3.63, 3.8) is 0 Å². The number of carbonyl (C=O) groups excluding carboxylic acids is 1. The highest BCUT2D eigenvalue weighted by atomic mass is 35.5. The monoisotopic (exact) mass is 470 g/mol. The van der Waals surface area contributed by atoms with E-state index in [1.165, 1.54) is 13.3 Å². The van der Waals surface area contributed by atoms with Crippen LogP contribution in [0.4, 0.5) is 10.5 Å². The second kappa shape index (κ2) is 9.05. The summed E-state index contributed by atoms with van der Waals surface area (Å²) in [6, 6.07) is 9.57. The van der Waals surface area contributed by atoms with Gasteiger partial charge >= 0.3 is 6.03 Å². The molecule has 0 bridgehead atoms. The van der Waals surface area contributed by atoms with Gasteiger partial charge in [-0.3, -0.25) is 0 Å². The first-order chi connectivity index (χ1) is 13.8. The van der Waals surface area contributed by atoms with E-state index in [1.807, 2.05) is 0 Å². The third kappa shape index (κ3) is 4.67. The van der Waals surface area contributed by atoms with Gasteiger partial charge in [0, 0.05) is 18.2 Å². The third-order valence-electron chi connectivity index (χ3n) is 3.95.